The van der Waals surface area contributed by atoms with Crippen LogP contribution in [-0.4, -0.2) is 5.02 Å². The van der Waals surface area contributed by atoms with Crippen molar-refractivity contribution in [2.24, 2.45) is 0 Å². The Morgan fingerprint density at radius 1 is 2.00 bits per heavy atom. The molecular formula is C3H4S. The molecule has 0 aliphatic heterocycles. The lowest BCUT2D eigenvalue weighted by Crippen LogP contribution is -1.05. The number of hydrogen-bond donors (Lipinski definition) is 1. The standard InChI is InChI=1S/C3H4S/c1-3-4-2/h2,4H,1H2. The predicted molar refractivity (Wildman–Crippen MR) is 24.6 cm³/mol. The smallest absolute Gasteiger partial charge is 0.0466 e. The highest BCUT2D eigenvalue weighted by Gasteiger charge is 0.995. The van der Waals surface area contributed by atoms with Crippen molar-refractivity contribution in [3.05, 3.63) is 6.58 Å². The first-order valence-electron chi connectivity index (χ1n) is 0.835. The zero-order chi connectivity index (χ0) is 3.41. The summed E-state index contributed by atoms with van der Waals surface area (Å²) in [6.07, 6.45) is 0. The summed E-state index contributed by atoms with van der Waals surface area (Å²) in [5, 5.41) is 2.43. The van der Waals surface area contributed by atoms with Gasteiger partial charge in [0.15, 0.2) is 0 Å². The molecule has 0 fully saturated rings. The van der Waals surface area contributed by atoms with Crippen molar-refractivity contribution in [2.45, 2.75) is 0 Å². The first-order chi connectivity index (χ1) is 1.91. The molecule has 0 aromatic carbocycles. The van der Waals surface area contributed by atoms with E-state index in [4.69, 9.17) is 5.69 Å². The van der Waals surface area contributed by atoms with Gasteiger partial charge in [-0.1, -0.05) is 5.02 Å². The maximum Gasteiger partial charge on any atom is -0.0466 e. The Hall–Kier alpha value is -0.350. The highest BCUT2D eigenvalue weighted by molar-refractivity contribution is 7.86. The molecule has 0 N–H and O–H groups in total. The molecule has 4 heavy (non-hydrogen) atoms. The van der Waals surface area contributed by atoms with Gasteiger partial charge in [-0.25, -0.2) is 0 Å². The van der Waals surface area contributed by atoms with E-state index >= 15 is 0 Å². The van der Waals surface area contributed by atoms with E-state index in [0.717, 1.165) is 0 Å². The van der Waals surface area contributed by atoms with Gasteiger partial charge in [0.2, 0.25) is 0 Å². The summed E-state index contributed by atoms with van der Waals surface area (Å²) in [5.41, 5.74) is 4.83. The molecule has 0 amide bonds. The summed E-state index contributed by atoms with van der Waals surface area (Å²) in [7, 11) is 0.637. The summed E-state index contributed by atoms with van der Waals surface area (Å²) in [5.74, 6) is 0. The minimum atomic E-state index is 0.637. The molecule has 0 radical (unpaired) electrons. The van der Waals surface area contributed by atoms with Crippen LogP contribution in [-0.2, 0) is 0 Å². The van der Waals surface area contributed by atoms with Crippen molar-refractivity contribution in [3.8, 4) is 5.69 Å². The minimum absolute atomic E-state index is 0.637. The van der Waals surface area contributed by atoms with E-state index in [0.29, 0.717) is 10.8 Å². The molecule has 0 unspecified atom stereocenters. The lowest BCUT2D eigenvalue weighted by atomic mass is 11.3. The molecule has 0 bridgehead atoms. The largest absolute Gasteiger partial charge is 0.157 e. The first kappa shape index (κ1) is 3.65. The summed E-state index contributed by atoms with van der Waals surface area (Å²) in [6.45, 7) is 3.22. The molecule has 22 valence electrons. The molecule has 0 aromatic heterocycles. The van der Waals surface area contributed by atoms with Crippen LogP contribution in [0.2, 0.25) is 0 Å². The van der Waals surface area contributed by atoms with Crippen LogP contribution in [0.15, 0.2) is 6.58 Å². The van der Waals surface area contributed by atoms with Gasteiger partial charge >= 0.3 is 0 Å². The highest BCUT2D eigenvalue weighted by atomic mass is 32.1. The normalized spacial score (nSPS) is 3.75. The van der Waals surface area contributed by atoms with Gasteiger partial charge < -0.3 is 0 Å². The van der Waals surface area contributed by atoms with E-state index in [9.17, 15) is 0 Å². The van der Waals surface area contributed by atoms with E-state index in [1.807, 2.05) is 0 Å². The average Bonchev–Trinajstić information content (AvgIpc) is 1.37. The maximum absolute atomic E-state index is 4.83. The van der Waals surface area contributed by atoms with Gasteiger partial charge in [0.05, 0.1) is 0 Å². The fraction of sp³-hybridized carbons (Fsp3) is 0. The quantitative estimate of drug-likeness (QED) is 0.315. The van der Waals surface area contributed by atoms with Gasteiger partial charge in [-0.3, -0.25) is 0 Å². The van der Waals surface area contributed by atoms with Crippen molar-refractivity contribution in [1.82, 2.24) is 0 Å². The monoisotopic (exact) mass is 72.0 g/mol. The molecule has 0 atom stereocenters. The summed E-state index contributed by atoms with van der Waals surface area (Å²) < 4.78 is 0. The van der Waals surface area contributed by atoms with Crippen molar-refractivity contribution in [3.63, 3.8) is 0 Å². The van der Waals surface area contributed by atoms with Crippen LogP contribution in [0.25, 0.3) is 0 Å². The van der Waals surface area contributed by atoms with Crippen molar-refractivity contribution >= 4 is 15.8 Å². The van der Waals surface area contributed by atoms with E-state index in [1.54, 1.807) is 0 Å². The summed E-state index contributed by atoms with van der Waals surface area (Å²) in [4.78, 5) is 0. The number of hydrogen-bond acceptors (Lipinski definition) is 0. The van der Waals surface area contributed by atoms with Crippen molar-refractivity contribution < 1.29 is 0 Å². The third-order valence-corrected chi connectivity index (χ3v) is 0.274. The van der Waals surface area contributed by atoms with Crippen molar-refractivity contribution in [2.75, 3.05) is 0 Å². The average molecular weight is 72.1 g/mol. The minimum Gasteiger partial charge on any atom is -0.157 e. The molecule has 0 saturated carbocycles. The highest BCUT2D eigenvalue weighted by Crippen LogP contribution is 1.33. The van der Waals surface area contributed by atoms with Crippen molar-refractivity contribution in [1.29, 1.82) is 0 Å². The summed E-state index contributed by atoms with van der Waals surface area (Å²) in [6, 6.07) is 0. The molecule has 0 rings (SSSR count). The Bertz CT molecular complexity index is 92.2. The van der Waals surface area contributed by atoms with Gasteiger partial charge in [-0.15, -0.1) is 5.69 Å². The van der Waals surface area contributed by atoms with Crippen LogP contribution in [0.3, 0.4) is 0 Å². The Morgan fingerprint density at radius 3 is 2.25 bits per heavy atom. The number of thiol groups is 1. The predicted octanol–water partition coefficient (Wildman–Crippen LogP) is 0.628. The topological polar surface area (TPSA) is 0 Å². The van der Waals surface area contributed by atoms with E-state index in [-0.39, 0.29) is 0 Å². The molecule has 0 nitrogen and oxygen atoms in total. The Kier molecular flexibility index (Phi) is 2.42. The molecular weight excluding hydrogens is 68.1 g/mol. The Morgan fingerprint density at radius 2 is 2.25 bits per heavy atom. The van der Waals surface area contributed by atoms with Crippen LogP contribution >= 0.6 is 10.8 Å². The van der Waals surface area contributed by atoms with Gasteiger partial charge in [0, 0.05) is 0 Å². The zero-order valence-electron chi connectivity index (χ0n) is 2.23. The van der Waals surface area contributed by atoms with Gasteiger partial charge in [-0.2, -0.15) is 10.8 Å². The van der Waals surface area contributed by atoms with E-state index < -0.39 is 0 Å². The first-order valence-corrected chi connectivity index (χ1v) is 1.80. The van der Waals surface area contributed by atoms with E-state index in [1.165, 1.54) is 0 Å². The zero-order valence-corrected chi connectivity index (χ0v) is 3.13. The Labute approximate surface area is 28.9 Å². The second-order valence-electron chi connectivity index (χ2n) is 0.287. The fourth-order valence-corrected chi connectivity index (χ4v) is 0. The summed E-state index contributed by atoms with van der Waals surface area (Å²) >= 11 is 0. The third-order valence-electron chi connectivity index (χ3n) is 0.0913. The Balaban J connectivity index is 4.35. The van der Waals surface area contributed by atoms with Crippen LogP contribution in [0.5, 0.6) is 0 Å². The lowest BCUT2D eigenvalue weighted by molar-refractivity contribution is 3.21. The van der Waals surface area contributed by atoms with Crippen LogP contribution in [0.4, 0.5) is 0 Å². The van der Waals surface area contributed by atoms with Crippen LogP contribution in [0.1, 0.15) is 0 Å². The van der Waals surface area contributed by atoms with Crippen LogP contribution < -0.4 is 0 Å². The SMILES string of the molecule is C#[SH]=C=C. The van der Waals surface area contributed by atoms with Crippen LogP contribution in [0, 0.1) is 5.69 Å². The molecule has 0 aromatic rings. The molecule has 0 aliphatic rings. The van der Waals surface area contributed by atoms with Gasteiger partial charge in [-0.05, 0) is 6.58 Å². The second kappa shape index (κ2) is 2.65. The fourth-order valence-electron chi connectivity index (χ4n) is 0. The second-order valence-corrected chi connectivity index (χ2v) is 0.862. The lowest BCUT2D eigenvalue weighted by Gasteiger charge is -1.19. The molecule has 1 heteroatoms. The molecule has 0 heterocycles. The van der Waals surface area contributed by atoms with Gasteiger partial charge in [0.1, 0.15) is 0 Å². The van der Waals surface area contributed by atoms with Gasteiger partial charge in [0.25, 0.3) is 0 Å². The molecule has 0 saturated heterocycles. The molecule has 0 aliphatic carbocycles. The number of rotatable bonds is 0. The maximum atomic E-state index is 4.83. The van der Waals surface area contributed by atoms with E-state index in [2.05, 4.69) is 11.6 Å². The third kappa shape index (κ3) is 1.65. The molecule has 0 spiro atoms.